The number of rotatable bonds is 4. The van der Waals surface area contributed by atoms with Crippen LogP contribution >= 0.6 is 0 Å². The highest BCUT2D eigenvalue weighted by Gasteiger charge is 2.47. The van der Waals surface area contributed by atoms with E-state index in [1.165, 1.54) is 6.07 Å². The molecule has 6 rings (SSSR count). The van der Waals surface area contributed by atoms with Crippen LogP contribution in [0.15, 0.2) is 47.2 Å². The summed E-state index contributed by atoms with van der Waals surface area (Å²) in [6.45, 7) is -0.756. The Morgan fingerprint density at radius 3 is 2.56 bits per heavy atom. The van der Waals surface area contributed by atoms with Crippen molar-refractivity contribution in [2.45, 2.75) is 51.6 Å². The van der Waals surface area contributed by atoms with E-state index < -0.39 is 116 Å². The van der Waals surface area contributed by atoms with Crippen molar-refractivity contribution < 1.29 is 48.2 Å². The summed E-state index contributed by atoms with van der Waals surface area (Å²) in [7, 11) is -3.68. The molecular formula is C35H34F3N4O2Si+. The molecule has 0 bridgehead atoms. The third-order valence-corrected chi connectivity index (χ3v) is 11.7. The third-order valence-electron chi connectivity index (χ3n) is 8.15. The minimum atomic E-state index is -3.68. The molecule has 3 aliphatic heterocycles. The molecule has 2 aromatic rings. The van der Waals surface area contributed by atoms with E-state index in [2.05, 4.69) is 4.85 Å². The van der Waals surface area contributed by atoms with Crippen LogP contribution in [0.1, 0.15) is 80.6 Å². The molecular weight excluding hydrogens is 593 g/mol. The van der Waals surface area contributed by atoms with Gasteiger partial charge in [-0.2, -0.15) is 5.26 Å². The Kier molecular flexibility index (Phi) is 4.19. The molecule has 230 valence electrons. The number of allylic oxidation sites excluding steroid dienone is 5. The van der Waals surface area contributed by atoms with Gasteiger partial charge in [-0.25, -0.2) is 29.1 Å². The predicted octanol–water partition coefficient (Wildman–Crippen LogP) is 6.32. The van der Waals surface area contributed by atoms with Crippen LogP contribution < -0.4 is 10.1 Å². The number of halogens is 3. The number of benzene rings is 2. The van der Waals surface area contributed by atoms with Crippen molar-refractivity contribution in [3.05, 3.63) is 98.3 Å². The number of nitrogens with zero attached hydrogens (tertiary/aromatic N) is 4. The van der Waals surface area contributed by atoms with Crippen molar-refractivity contribution in [1.29, 1.82) is 5.26 Å². The maximum absolute atomic E-state index is 17.2. The third kappa shape index (κ3) is 4.66. The number of hydrogen-bond donors (Lipinski definition) is 1. The average Bonchev–Trinajstić information content (AvgIpc) is 3.25. The molecule has 4 aliphatic rings. The highest BCUT2D eigenvalue weighted by Crippen LogP contribution is 2.46. The monoisotopic (exact) mass is 642 g/mol. The van der Waals surface area contributed by atoms with Crippen LogP contribution in [0.25, 0.3) is 10.4 Å². The van der Waals surface area contributed by atoms with E-state index in [1.807, 2.05) is 0 Å². The van der Waals surface area contributed by atoms with E-state index in [4.69, 9.17) is 27.1 Å². The molecule has 0 radical (unpaired) electrons. The molecule has 2 aromatic carbocycles. The number of carboxylic acid groups (broad SMARTS) is 1. The molecule has 1 aliphatic carbocycles. The zero-order valence-electron chi connectivity index (χ0n) is 39.2. The van der Waals surface area contributed by atoms with Gasteiger partial charge in [0.25, 0.3) is 0 Å². The number of carboxylic acids is 1. The van der Waals surface area contributed by atoms with Crippen molar-refractivity contribution >= 4 is 36.2 Å². The standard InChI is InChI=1S/C35H33F3N4O2Si/c1-20-12-15-42(18-20)22-9-11-24-26(17-22)45(4,5)25-16-21(41-13-6-7-14-41)8-10-23(25)27(24)28-29(34(43)44)32(37)33(38)30(31(28)36)35(2,19-39)40-3/h8-11,16-17,20H,6-7,12-15,18H2,1-2,4-5H3/p+1/i6D2,7D2,12D2,13D2,14D2,15D2,18D2,20D. The topological polar surface area (TPSA) is 71.7 Å². The number of carbonyl (C=O) groups is 1. The fourth-order valence-corrected chi connectivity index (χ4v) is 8.92. The molecule has 2 saturated heterocycles. The molecule has 1 N–H and O–H groups in total. The maximum Gasteiger partial charge on any atom is 0.343 e. The zero-order valence-corrected chi connectivity index (χ0v) is 25.2. The second-order valence-corrected chi connectivity index (χ2v) is 15.6. The Morgan fingerprint density at radius 2 is 1.96 bits per heavy atom. The molecule has 0 spiro atoms. The first-order chi connectivity index (χ1) is 27.0. The molecule has 0 saturated carbocycles. The van der Waals surface area contributed by atoms with Crippen LogP contribution in [0.3, 0.4) is 0 Å². The van der Waals surface area contributed by atoms with Gasteiger partial charge in [0.1, 0.15) is 43.5 Å². The second-order valence-electron chi connectivity index (χ2n) is 11.2. The van der Waals surface area contributed by atoms with Crippen molar-refractivity contribution in [3.8, 4) is 6.07 Å². The summed E-state index contributed by atoms with van der Waals surface area (Å²) >= 11 is 0. The Morgan fingerprint density at radius 1 is 1.24 bits per heavy atom. The summed E-state index contributed by atoms with van der Waals surface area (Å²) in [6.07, 6.45) is -6.95. The minimum absolute atomic E-state index is 0.00243. The fourth-order valence-electron chi connectivity index (χ4n) is 5.85. The first kappa shape index (κ1) is 17.3. The van der Waals surface area contributed by atoms with Gasteiger partial charge in [-0.3, -0.25) is 4.85 Å². The van der Waals surface area contributed by atoms with Gasteiger partial charge in [0.2, 0.25) is 0 Å². The summed E-state index contributed by atoms with van der Waals surface area (Å²) < 4.78 is 178. The maximum atomic E-state index is 17.2. The average molecular weight is 643 g/mol. The summed E-state index contributed by atoms with van der Waals surface area (Å²) in [5.41, 5.74) is -8.73. The molecule has 10 heteroatoms. The van der Waals surface area contributed by atoms with Gasteiger partial charge >= 0.3 is 11.5 Å². The number of nitriles is 1. The van der Waals surface area contributed by atoms with Crippen LogP contribution in [0.5, 0.6) is 0 Å². The highest BCUT2D eigenvalue weighted by atomic mass is 28.3. The minimum Gasteiger partial charge on any atom is -0.478 e. The predicted molar refractivity (Wildman–Crippen MR) is 170 cm³/mol. The fraction of sp³-hybridized carbons (Fsp3) is 0.371. The van der Waals surface area contributed by atoms with Gasteiger partial charge in [0.15, 0.2) is 23.4 Å². The Hall–Kier alpha value is -4.41. The largest absolute Gasteiger partial charge is 0.478 e. The van der Waals surface area contributed by atoms with Crippen LogP contribution in [0.2, 0.25) is 13.1 Å². The van der Waals surface area contributed by atoms with E-state index in [0.29, 0.717) is 4.90 Å². The molecule has 3 heterocycles. The summed E-state index contributed by atoms with van der Waals surface area (Å²) in [6, 6.07) is 4.76. The number of fused-ring (bicyclic) bond motifs is 2. The lowest BCUT2D eigenvalue weighted by molar-refractivity contribution is -0.504. The van der Waals surface area contributed by atoms with Gasteiger partial charge in [-0.1, -0.05) is 26.1 Å². The van der Waals surface area contributed by atoms with Gasteiger partial charge in [0, 0.05) is 71.1 Å². The van der Waals surface area contributed by atoms with Crippen LogP contribution in [0.4, 0.5) is 18.9 Å². The van der Waals surface area contributed by atoms with Crippen LogP contribution in [-0.4, -0.2) is 55.4 Å². The van der Waals surface area contributed by atoms with E-state index in [9.17, 15) is 15.2 Å². The lowest BCUT2D eigenvalue weighted by Gasteiger charge is -2.38. The molecule has 45 heavy (non-hydrogen) atoms. The number of anilines is 1. The summed E-state index contributed by atoms with van der Waals surface area (Å²) in [4.78, 5) is 16.2. The summed E-state index contributed by atoms with van der Waals surface area (Å²) in [5, 5.41) is 20.2. The molecule has 2 atom stereocenters. The lowest BCUT2D eigenvalue weighted by Crippen LogP contribution is -2.50. The number of aromatic carboxylic acids is 1. The van der Waals surface area contributed by atoms with Gasteiger partial charge in [-0.15, -0.1) is 0 Å². The van der Waals surface area contributed by atoms with Crippen molar-refractivity contribution in [3.63, 3.8) is 0 Å². The van der Waals surface area contributed by atoms with Gasteiger partial charge in [0.05, 0.1) is 0 Å². The smallest absolute Gasteiger partial charge is 0.343 e. The zero-order chi connectivity index (χ0) is 45.9. The van der Waals surface area contributed by atoms with E-state index in [0.717, 1.165) is 50.3 Å². The van der Waals surface area contributed by atoms with Gasteiger partial charge in [-0.05, 0) is 57.6 Å². The van der Waals surface area contributed by atoms with Gasteiger partial charge < -0.3 is 10.0 Å². The van der Waals surface area contributed by atoms with E-state index in [-0.39, 0.29) is 31.8 Å². The first-order valence-electron chi connectivity index (χ1n) is 21.0. The highest BCUT2D eigenvalue weighted by molar-refractivity contribution is 6.98. The van der Waals surface area contributed by atoms with Crippen LogP contribution in [-0.2, 0) is 5.54 Å². The lowest BCUT2D eigenvalue weighted by atomic mass is 9.82. The quantitative estimate of drug-likeness (QED) is 0.184. The van der Waals surface area contributed by atoms with Crippen molar-refractivity contribution in [2.75, 3.05) is 30.9 Å². The Labute approximate surface area is 283 Å². The number of hydrogen-bond acceptors (Lipinski definition) is 3. The van der Waals surface area contributed by atoms with Crippen LogP contribution in [0, 0.1) is 41.2 Å². The second kappa shape index (κ2) is 10.9. The molecule has 0 amide bonds. The molecule has 0 aromatic heterocycles. The Bertz CT molecular complexity index is 2500. The first-order valence-corrected chi connectivity index (χ1v) is 16.5. The Balaban J connectivity index is 1.83. The SMILES string of the molecule is [2H]C1([2H])N(c2ccc3c(c2)[Si](C)(C)C2=CC(=[N+]4C([2H])([2H])C([2H])([2H])C([2H])([2H])C4([2H])[2H])C=CC2=C3c2c(F)c(C(C)(C#N)[N+]#[C-])c(F)c(F)c2C(=O)O)C([2H])([2H])C([2H])(C)C1([2H])[2H]. The van der Waals surface area contributed by atoms with E-state index in [1.54, 1.807) is 13.1 Å². The molecule has 6 nitrogen and oxygen atoms in total. The van der Waals surface area contributed by atoms with E-state index >= 15 is 13.2 Å². The molecule has 2 fully saturated rings. The normalized spacial score (nSPS) is 36.0. The summed E-state index contributed by atoms with van der Waals surface area (Å²) in [5.74, 6) is -11.1. The van der Waals surface area contributed by atoms with Crippen molar-refractivity contribution in [1.82, 2.24) is 0 Å². The van der Waals surface area contributed by atoms with Crippen molar-refractivity contribution in [2.24, 2.45) is 5.89 Å². The molecule has 2 unspecified atom stereocenters.